The van der Waals surface area contributed by atoms with Crippen LogP contribution in [-0.4, -0.2) is 41.6 Å². The summed E-state index contributed by atoms with van der Waals surface area (Å²) in [5.41, 5.74) is 3.17. The molecule has 2 N–H and O–H groups in total. The van der Waals surface area contributed by atoms with E-state index in [1.54, 1.807) is 17.0 Å². The standard InChI is InChI=1S/C15H18N4O4/c1-10(20)18-8-6-15(7-9-18)16-14(23)19(17-15)12-4-2-11(3-5-12)13(21)22/h2-5,17H,6-9H2,1H3,(H,16,23)(H,21,22)/p-1. The zero-order valence-corrected chi connectivity index (χ0v) is 12.7. The number of carbonyl (C=O) groups excluding carboxylic acids is 3. The van der Waals surface area contributed by atoms with E-state index in [9.17, 15) is 19.5 Å². The number of likely N-dealkylation sites (tertiary alicyclic amines) is 1. The molecule has 1 spiro atoms. The molecule has 8 heteroatoms. The zero-order chi connectivity index (χ0) is 16.6. The summed E-state index contributed by atoms with van der Waals surface area (Å²) < 4.78 is 0. The first kappa shape index (κ1) is 15.3. The number of rotatable bonds is 2. The van der Waals surface area contributed by atoms with Gasteiger partial charge in [-0.25, -0.2) is 15.2 Å². The van der Waals surface area contributed by atoms with Gasteiger partial charge in [-0.15, -0.1) is 0 Å². The van der Waals surface area contributed by atoms with Crippen LogP contribution in [0.1, 0.15) is 30.1 Å². The Hall–Kier alpha value is -2.61. The number of piperidine rings is 1. The van der Waals surface area contributed by atoms with Gasteiger partial charge in [0.25, 0.3) is 0 Å². The minimum Gasteiger partial charge on any atom is -0.545 e. The molecule has 0 aromatic heterocycles. The highest BCUT2D eigenvalue weighted by molar-refractivity contribution is 5.94. The second-order valence-electron chi connectivity index (χ2n) is 5.80. The van der Waals surface area contributed by atoms with Crippen molar-refractivity contribution in [2.45, 2.75) is 25.4 Å². The van der Waals surface area contributed by atoms with Gasteiger partial charge in [-0.2, -0.15) is 0 Å². The number of nitrogens with one attached hydrogen (secondary N) is 2. The molecule has 2 heterocycles. The van der Waals surface area contributed by atoms with Gasteiger partial charge in [-0.3, -0.25) is 4.79 Å². The number of urea groups is 1. The zero-order valence-electron chi connectivity index (χ0n) is 12.7. The number of nitrogens with zero attached hydrogens (tertiary/aromatic N) is 2. The molecule has 0 saturated carbocycles. The van der Waals surface area contributed by atoms with E-state index in [2.05, 4.69) is 10.7 Å². The van der Waals surface area contributed by atoms with Crippen molar-refractivity contribution in [2.75, 3.05) is 18.1 Å². The lowest BCUT2D eigenvalue weighted by Crippen LogP contribution is -2.58. The number of carboxylic acids is 1. The molecule has 8 nitrogen and oxygen atoms in total. The predicted molar refractivity (Wildman–Crippen MR) is 79.1 cm³/mol. The predicted octanol–water partition coefficient (Wildman–Crippen LogP) is -0.577. The van der Waals surface area contributed by atoms with Crippen LogP contribution in [0.15, 0.2) is 24.3 Å². The Morgan fingerprint density at radius 1 is 1.17 bits per heavy atom. The lowest BCUT2D eigenvalue weighted by molar-refractivity contribution is -0.255. The van der Waals surface area contributed by atoms with E-state index in [1.165, 1.54) is 24.1 Å². The van der Waals surface area contributed by atoms with E-state index in [-0.39, 0.29) is 17.5 Å². The monoisotopic (exact) mass is 317 g/mol. The highest BCUT2D eigenvalue weighted by Gasteiger charge is 2.44. The molecular formula is C15H17N4O4-. The average molecular weight is 317 g/mol. The normalized spacial score (nSPS) is 19.8. The number of amides is 3. The SMILES string of the molecule is CC(=O)N1CCC2(CC1)NC(=O)N(c1ccc(C(=O)[O-])cc1)N2. The maximum atomic E-state index is 12.2. The van der Waals surface area contributed by atoms with Gasteiger partial charge in [0.05, 0.1) is 11.7 Å². The minimum absolute atomic E-state index is 0.0268. The molecular weight excluding hydrogens is 300 g/mol. The van der Waals surface area contributed by atoms with Gasteiger partial charge in [0.2, 0.25) is 5.91 Å². The summed E-state index contributed by atoms with van der Waals surface area (Å²) in [6.07, 6.45) is 1.21. The first-order chi connectivity index (χ1) is 10.9. The number of carboxylic acid groups (broad SMARTS) is 1. The van der Waals surface area contributed by atoms with Crippen LogP contribution in [-0.2, 0) is 4.79 Å². The fourth-order valence-electron chi connectivity index (χ4n) is 2.92. The lowest BCUT2D eigenvalue weighted by atomic mass is 9.98. The van der Waals surface area contributed by atoms with Crippen molar-refractivity contribution < 1.29 is 19.5 Å². The number of aromatic carboxylic acids is 1. The Bertz CT molecular complexity index is 650. The molecule has 2 saturated heterocycles. The van der Waals surface area contributed by atoms with Crippen LogP contribution in [0.2, 0.25) is 0 Å². The molecule has 0 bridgehead atoms. The highest BCUT2D eigenvalue weighted by atomic mass is 16.4. The summed E-state index contributed by atoms with van der Waals surface area (Å²) >= 11 is 0. The van der Waals surface area contributed by atoms with Crippen molar-refractivity contribution in [1.29, 1.82) is 0 Å². The second-order valence-corrected chi connectivity index (χ2v) is 5.80. The molecule has 1 aromatic carbocycles. The van der Waals surface area contributed by atoms with Crippen LogP contribution in [0, 0.1) is 0 Å². The molecule has 3 amide bonds. The Labute approximate surface area is 133 Å². The fourth-order valence-corrected chi connectivity index (χ4v) is 2.92. The first-order valence-electron chi connectivity index (χ1n) is 7.37. The molecule has 0 aliphatic carbocycles. The quantitative estimate of drug-likeness (QED) is 0.759. The van der Waals surface area contributed by atoms with Crippen LogP contribution in [0.25, 0.3) is 0 Å². The highest BCUT2D eigenvalue weighted by Crippen LogP contribution is 2.27. The Balaban J connectivity index is 1.73. The molecule has 0 radical (unpaired) electrons. The number of hydrazine groups is 1. The van der Waals surface area contributed by atoms with E-state index in [1.807, 2.05) is 0 Å². The van der Waals surface area contributed by atoms with Gasteiger partial charge in [-0.05, 0) is 17.7 Å². The van der Waals surface area contributed by atoms with Gasteiger partial charge < -0.3 is 20.1 Å². The van der Waals surface area contributed by atoms with E-state index in [4.69, 9.17) is 0 Å². The summed E-state index contributed by atoms with van der Waals surface area (Å²) in [5, 5.41) is 15.1. The maximum absolute atomic E-state index is 12.2. The second kappa shape index (κ2) is 5.54. The van der Waals surface area contributed by atoms with Gasteiger partial charge in [0.15, 0.2) is 0 Å². The summed E-state index contributed by atoms with van der Waals surface area (Å²) in [5.74, 6) is -1.23. The molecule has 122 valence electrons. The van der Waals surface area contributed by atoms with Crippen molar-refractivity contribution in [3.63, 3.8) is 0 Å². The van der Waals surface area contributed by atoms with Gasteiger partial charge in [-0.1, -0.05) is 12.1 Å². The molecule has 23 heavy (non-hydrogen) atoms. The van der Waals surface area contributed by atoms with E-state index >= 15 is 0 Å². The van der Waals surface area contributed by atoms with Crippen molar-refractivity contribution >= 4 is 23.6 Å². The van der Waals surface area contributed by atoms with E-state index in [0.29, 0.717) is 31.6 Å². The summed E-state index contributed by atoms with van der Waals surface area (Å²) in [6, 6.07) is 5.57. The molecule has 1 aromatic rings. The van der Waals surface area contributed by atoms with E-state index < -0.39 is 11.6 Å². The number of anilines is 1. The molecule has 3 rings (SSSR count). The van der Waals surface area contributed by atoms with Crippen molar-refractivity contribution in [3.05, 3.63) is 29.8 Å². The first-order valence-corrected chi connectivity index (χ1v) is 7.37. The minimum atomic E-state index is -1.26. The average Bonchev–Trinajstić information content (AvgIpc) is 2.84. The summed E-state index contributed by atoms with van der Waals surface area (Å²) in [6.45, 7) is 2.67. The fraction of sp³-hybridized carbons (Fsp3) is 0.400. The van der Waals surface area contributed by atoms with Crippen LogP contribution in [0.3, 0.4) is 0 Å². The third kappa shape index (κ3) is 2.85. The molecule has 2 fully saturated rings. The molecule has 0 atom stereocenters. The van der Waals surface area contributed by atoms with Crippen molar-refractivity contribution in [2.24, 2.45) is 0 Å². The molecule has 2 aliphatic heterocycles. The van der Waals surface area contributed by atoms with E-state index in [0.717, 1.165) is 0 Å². The Morgan fingerprint density at radius 2 is 1.78 bits per heavy atom. The number of hydrogen-bond acceptors (Lipinski definition) is 5. The Morgan fingerprint density at radius 3 is 2.30 bits per heavy atom. The van der Waals surface area contributed by atoms with Crippen molar-refractivity contribution in [1.82, 2.24) is 15.6 Å². The largest absolute Gasteiger partial charge is 0.545 e. The van der Waals surface area contributed by atoms with Crippen LogP contribution in [0.4, 0.5) is 10.5 Å². The third-order valence-corrected chi connectivity index (χ3v) is 4.30. The van der Waals surface area contributed by atoms with Crippen LogP contribution < -0.4 is 20.9 Å². The van der Waals surface area contributed by atoms with Crippen LogP contribution >= 0.6 is 0 Å². The maximum Gasteiger partial charge on any atom is 0.338 e. The summed E-state index contributed by atoms with van der Waals surface area (Å²) in [7, 11) is 0. The van der Waals surface area contributed by atoms with Gasteiger partial charge in [0.1, 0.15) is 5.66 Å². The molecule has 2 aliphatic rings. The van der Waals surface area contributed by atoms with Gasteiger partial charge in [0, 0.05) is 32.9 Å². The smallest absolute Gasteiger partial charge is 0.338 e. The van der Waals surface area contributed by atoms with Crippen LogP contribution in [0.5, 0.6) is 0 Å². The van der Waals surface area contributed by atoms with Crippen molar-refractivity contribution in [3.8, 4) is 0 Å². The summed E-state index contributed by atoms with van der Waals surface area (Å²) in [4.78, 5) is 36.1. The number of hydrogen-bond donors (Lipinski definition) is 2. The third-order valence-electron chi connectivity index (χ3n) is 4.30. The number of benzene rings is 1. The topological polar surface area (TPSA) is 105 Å². The van der Waals surface area contributed by atoms with Gasteiger partial charge >= 0.3 is 6.03 Å². The molecule has 0 unspecified atom stereocenters. The number of carbonyl (C=O) groups is 3. The Kier molecular flexibility index (Phi) is 3.69. The lowest BCUT2D eigenvalue weighted by Gasteiger charge is -2.38.